The first kappa shape index (κ1) is 37.3. The lowest BCUT2D eigenvalue weighted by atomic mass is 9.75. The molecule has 50 heavy (non-hydrogen) atoms. The number of carbonyl (C=O) groups is 2. The number of likely N-dealkylation sites (tertiary alicyclic amines) is 1. The molecule has 1 unspecified atom stereocenters. The van der Waals surface area contributed by atoms with Crippen LogP contribution in [-0.2, 0) is 31.7 Å². The molecule has 2 amide bonds. The zero-order valence-electron chi connectivity index (χ0n) is 30.6. The van der Waals surface area contributed by atoms with Crippen molar-refractivity contribution >= 4 is 33.4 Å². The predicted octanol–water partition coefficient (Wildman–Crippen LogP) is 6.41. The number of rotatable bonds is 9. The maximum atomic E-state index is 14.1. The van der Waals surface area contributed by atoms with Crippen LogP contribution in [0.5, 0.6) is 0 Å². The molecule has 2 N–H and O–H groups in total. The number of piperidine rings is 1. The highest BCUT2D eigenvalue weighted by Gasteiger charge is 2.51. The summed E-state index contributed by atoms with van der Waals surface area (Å²) in [7, 11) is -1.70. The van der Waals surface area contributed by atoms with Crippen LogP contribution in [0.25, 0.3) is 0 Å². The van der Waals surface area contributed by atoms with Crippen LogP contribution < -0.4 is 14.5 Å². The van der Waals surface area contributed by atoms with E-state index in [0.717, 1.165) is 37.1 Å². The number of benzene rings is 3. The van der Waals surface area contributed by atoms with Crippen molar-refractivity contribution in [1.29, 1.82) is 0 Å². The normalized spacial score (nSPS) is 19.3. The summed E-state index contributed by atoms with van der Waals surface area (Å²) >= 11 is 0. The van der Waals surface area contributed by atoms with Gasteiger partial charge in [-0.05, 0) is 108 Å². The Bertz CT molecular complexity index is 1800. The van der Waals surface area contributed by atoms with Gasteiger partial charge in [-0.25, -0.2) is 17.9 Å². The number of nitrogens with one attached hydrogen (secondary N) is 1. The first-order chi connectivity index (χ1) is 23.3. The number of para-hydroxylation sites is 1. The number of ether oxygens (including phenoxy) is 1. The summed E-state index contributed by atoms with van der Waals surface area (Å²) in [6.45, 7) is 15.6. The van der Waals surface area contributed by atoms with E-state index >= 15 is 0 Å². The van der Waals surface area contributed by atoms with Crippen LogP contribution in [0.1, 0.15) is 84.4 Å². The summed E-state index contributed by atoms with van der Waals surface area (Å²) in [6.07, 6.45) is 2.55. The molecule has 5 rings (SSSR count). The Hall–Kier alpha value is -3.93. The lowest BCUT2D eigenvalue weighted by Crippen LogP contribution is -2.48. The smallest absolute Gasteiger partial charge is 0.410 e. The van der Waals surface area contributed by atoms with Gasteiger partial charge in [-0.15, -0.1) is 0 Å². The van der Waals surface area contributed by atoms with E-state index in [4.69, 9.17) is 4.74 Å². The molecule has 0 bridgehead atoms. The Balaban J connectivity index is 1.28. The Morgan fingerprint density at radius 1 is 0.940 bits per heavy atom. The number of anilines is 2. The zero-order valence-corrected chi connectivity index (χ0v) is 31.4. The fourth-order valence-corrected chi connectivity index (χ4v) is 8.37. The van der Waals surface area contributed by atoms with E-state index in [1.54, 1.807) is 37.8 Å². The fraction of sp³-hybridized carbons (Fsp3) is 0.487. The molecule has 3 aromatic carbocycles. The van der Waals surface area contributed by atoms with Gasteiger partial charge in [0.15, 0.2) is 5.60 Å². The van der Waals surface area contributed by atoms with E-state index in [0.29, 0.717) is 29.9 Å². The van der Waals surface area contributed by atoms with Crippen LogP contribution in [0.4, 0.5) is 16.2 Å². The molecule has 1 saturated heterocycles. The second-order valence-electron chi connectivity index (χ2n) is 15.8. The van der Waals surface area contributed by atoms with E-state index in [1.165, 1.54) is 24.3 Å². The van der Waals surface area contributed by atoms with Crippen molar-refractivity contribution in [3.63, 3.8) is 0 Å². The first-order valence-corrected chi connectivity index (χ1v) is 18.8. The number of hydrogen-bond acceptors (Lipinski definition) is 7. The first-order valence-electron chi connectivity index (χ1n) is 17.3. The molecule has 3 aromatic rings. The summed E-state index contributed by atoms with van der Waals surface area (Å²) < 4.78 is 34.0. The summed E-state index contributed by atoms with van der Waals surface area (Å²) in [6, 6.07) is 21.1. The largest absolute Gasteiger partial charge is 0.444 e. The molecule has 0 radical (unpaired) electrons. The quantitative estimate of drug-likeness (QED) is 0.264. The number of hydrogen-bond donors (Lipinski definition) is 2. The molecule has 0 aliphatic carbocycles. The number of nitrogens with zero attached hydrogens (tertiary/aromatic N) is 3. The third-order valence-corrected chi connectivity index (χ3v) is 11.5. The minimum Gasteiger partial charge on any atom is -0.444 e. The van der Waals surface area contributed by atoms with Crippen molar-refractivity contribution in [2.45, 2.75) is 95.9 Å². The monoisotopic (exact) mass is 704 g/mol. The number of carbonyl (C=O) groups excluding carboxylic acids is 2. The highest BCUT2D eigenvalue weighted by molar-refractivity contribution is 7.89. The van der Waals surface area contributed by atoms with Gasteiger partial charge in [-0.1, -0.05) is 49.4 Å². The second kappa shape index (κ2) is 13.7. The van der Waals surface area contributed by atoms with Crippen molar-refractivity contribution < 1.29 is 27.9 Å². The molecule has 1 fully saturated rings. The van der Waals surface area contributed by atoms with Gasteiger partial charge in [0, 0.05) is 43.5 Å². The summed E-state index contributed by atoms with van der Waals surface area (Å²) in [5, 5.41) is 12.0. The number of sulfonamides is 1. The maximum Gasteiger partial charge on any atom is 0.410 e. The predicted molar refractivity (Wildman–Crippen MR) is 197 cm³/mol. The van der Waals surface area contributed by atoms with Gasteiger partial charge in [-0.3, -0.25) is 4.79 Å². The molecule has 1 atom stereocenters. The van der Waals surface area contributed by atoms with Crippen LogP contribution in [0.3, 0.4) is 0 Å². The fourth-order valence-electron chi connectivity index (χ4n) is 6.95. The van der Waals surface area contributed by atoms with Crippen molar-refractivity contribution in [2.75, 3.05) is 36.5 Å². The Labute approximate surface area is 297 Å². The molecule has 2 heterocycles. The van der Waals surface area contributed by atoms with Crippen molar-refractivity contribution in [3.8, 4) is 0 Å². The Morgan fingerprint density at radius 3 is 2.10 bits per heavy atom. The van der Waals surface area contributed by atoms with E-state index < -0.39 is 32.7 Å². The average Bonchev–Trinajstić information content (AvgIpc) is 3.26. The molecule has 10 nitrogen and oxygen atoms in total. The molecule has 2 aliphatic rings. The van der Waals surface area contributed by atoms with Gasteiger partial charge in [0.25, 0.3) is 5.91 Å². The topological polar surface area (TPSA) is 119 Å². The van der Waals surface area contributed by atoms with Crippen molar-refractivity contribution in [3.05, 3.63) is 89.5 Å². The highest BCUT2D eigenvalue weighted by Crippen LogP contribution is 2.45. The lowest BCUT2D eigenvalue weighted by molar-refractivity contribution is -0.132. The van der Waals surface area contributed by atoms with E-state index in [9.17, 15) is 23.1 Å². The highest BCUT2D eigenvalue weighted by atomic mass is 32.2. The summed E-state index contributed by atoms with van der Waals surface area (Å²) in [5.74, 6) is -0.495. The van der Waals surface area contributed by atoms with Crippen LogP contribution >= 0.6 is 0 Å². The van der Waals surface area contributed by atoms with Crippen LogP contribution in [0, 0.1) is 5.41 Å². The third-order valence-electron chi connectivity index (χ3n) is 9.68. The molecule has 11 heteroatoms. The minimum absolute atomic E-state index is 0.0523. The maximum absolute atomic E-state index is 14.1. The van der Waals surface area contributed by atoms with Gasteiger partial charge in [-0.2, -0.15) is 0 Å². The molecular weight excluding hydrogens is 653 g/mol. The second-order valence-corrected chi connectivity index (χ2v) is 17.5. The van der Waals surface area contributed by atoms with E-state index in [1.807, 2.05) is 49.9 Å². The van der Waals surface area contributed by atoms with Crippen LogP contribution in [0.15, 0.2) is 77.7 Å². The van der Waals surface area contributed by atoms with E-state index in [-0.39, 0.29) is 22.9 Å². The van der Waals surface area contributed by atoms with Crippen LogP contribution in [0.2, 0.25) is 0 Å². The van der Waals surface area contributed by atoms with Gasteiger partial charge >= 0.3 is 6.09 Å². The molecule has 270 valence electrons. The van der Waals surface area contributed by atoms with Crippen molar-refractivity contribution in [2.24, 2.45) is 5.41 Å². The van der Waals surface area contributed by atoms with Gasteiger partial charge in [0.2, 0.25) is 10.0 Å². The minimum atomic E-state index is -3.79. The number of amides is 2. The third kappa shape index (κ3) is 7.85. The van der Waals surface area contributed by atoms with Gasteiger partial charge in [0.1, 0.15) is 5.60 Å². The van der Waals surface area contributed by atoms with Crippen molar-refractivity contribution in [1.82, 2.24) is 9.62 Å². The molecule has 0 spiro atoms. The number of aliphatic hydroxyl groups is 1. The SMILES string of the molecule is CCC1(CN(C)c2ccc(CN3C(=O)C(O)(c4ccc(S(=O)(=O)NC(C)(C)C)cc4)c4ccccc43)cc2)CCN(C(=O)OC(C)(C)C)CC1. The van der Waals surface area contributed by atoms with Gasteiger partial charge < -0.3 is 24.5 Å². The van der Waals surface area contributed by atoms with Gasteiger partial charge in [0.05, 0.1) is 17.1 Å². The standard InChI is InChI=1S/C39H52N4O6S/c1-9-38(22-24-42(25-23-38)35(45)49-37(5,6)7)27-41(8)30-18-14-28(15-19-30)26-43-33-13-11-10-12-32(33)39(46,34(43)44)29-16-20-31(21-17-29)50(47,48)40-36(2,3)4/h10-21,40,46H,9,22-27H2,1-8H3. The molecular formula is C39H52N4O6S. The average molecular weight is 705 g/mol. The molecule has 2 aliphatic heterocycles. The molecule has 0 aromatic heterocycles. The summed E-state index contributed by atoms with van der Waals surface area (Å²) in [4.78, 5) is 32.4. The molecule has 0 saturated carbocycles. The summed E-state index contributed by atoms with van der Waals surface area (Å²) in [5.41, 5.74) is 0.242. The Morgan fingerprint density at radius 2 is 1.54 bits per heavy atom. The number of fused-ring (bicyclic) bond motifs is 1. The zero-order chi connectivity index (χ0) is 36.7. The Kier molecular flexibility index (Phi) is 10.2. The lowest BCUT2D eigenvalue weighted by Gasteiger charge is -2.44. The van der Waals surface area contributed by atoms with E-state index in [2.05, 4.69) is 35.7 Å². The van der Waals surface area contributed by atoms with Crippen LogP contribution in [-0.4, -0.2) is 68.2 Å².